The van der Waals surface area contributed by atoms with Crippen LogP contribution in [0.4, 0.5) is 5.13 Å². The summed E-state index contributed by atoms with van der Waals surface area (Å²) in [5, 5.41) is 6.40. The quantitative estimate of drug-likeness (QED) is 0.813. The van der Waals surface area contributed by atoms with E-state index in [9.17, 15) is 9.59 Å². The van der Waals surface area contributed by atoms with Crippen molar-refractivity contribution in [3.05, 3.63) is 23.3 Å². The maximum Gasteiger partial charge on any atom is 0.245 e. The number of aryl methyl sites for hydroxylation is 2. The van der Waals surface area contributed by atoms with Crippen molar-refractivity contribution < 1.29 is 9.59 Å². The number of carbonyl (C=O) groups excluding carboxylic acids is 2. The molecule has 0 atom stereocenters. The molecule has 2 amide bonds. The van der Waals surface area contributed by atoms with E-state index in [0.29, 0.717) is 5.13 Å². The van der Waals surface area contributed by atoms with Gasteiger partial charge in [0, 0.05) is 5.41 Å². The van der Waals surface area contributed by atoms with Crippen molar-refractivity contribution in [1.82, 2.24) is 10.3 Å². The van der Waals surface area contributed by atoms with Crippen LogP contribution in [0.5, 0.6) is 0 Å². The van der Waals surface area contributed by atoms with E-state index < -0.39 is 0 Å². The topological polar surface area (TPSA) is 71.1 Å². The van der Waals surface area contributed by atoms with E-state index in [1.54, 1.807) is 0 Å². The molecule has 0 unspecified atom stereocenters. The van der Waals surface area contributed by atoms with Crippen LogP contribution in [0.1, 0.15) is 49.7 Å². The summed E-state index contributed by atoms with van der Waals surface area (Å²) in [4.78, 5) is 29.9. The number of fused-ring (bicyclic) bond motifs is 1. The summed E-state index contributed by atoms with van der Waals surface area (Å²) in [6.45, 7) is 4.12. The first-order valence-electron chi connectivity index (χ1n) is 10.4. The Morgan fingerprint density at radius 3 is 2.39 bits per heavy atom. The van der Waals surface area contributed by atoms with Crippen LogP contribution in [0.2, 0.25) is 0 Å². The molecule has 1 heterocycles. The van der Waals surface area contributed by atoms with Gasteiger partial charge in [0.1, 0.15) is 0 Å². The van der Waals surface area contributed by atoms with E-state index in [1.165, 1.54) is 36.2 Å². The Morgan fingerprint density at radius 2 is 1.75 bits per heavy atom. The first kappa shape index (κ1) is 18.1. The fraction of sp³-hybridized carbons (Fsp3) is 0.591. The van der Waals surface area contributed by atoms with Gasteiger partial charge in [-0.3, -0.25) is 9.59 Å². The Labute approximate surface area is 169 Å². The van der Waals surface area contributed by atoms with Gasteiger partial charge in [0.15, 0.2) is 5.13 Å². The predicted molar refractivity (Wildman–Crippen MR) is 111 cm³/mol. The maximum absolute atomic E-state index is 13.0. The Balaban J connectivity index is 1.22. The van der Waals surface area contributed by atoms with Crippen molar-refractivity contribution in [3.8, 4) is 0 Å². The molecule has 1 aromatic heterocycles. The van der Waals surface area contributed by atoms with Gasteiger partial charge in [-0.15, -0.1) is 0 Å². The van der Waals surface area contributed by atoms with Crippen molar-refractivity contribution in [2.24, 2.45) is 23.2 Å². The Morgan fingerprint density at radius 1 is 1.11 bits per heavy atom. The third-order valence-electron chi connectivity index (χ3n) is 7.01. The summed E-state index contributed by atoms with van der Waals surface area (Å²) >= 11 is 1.48. The van der Waals surface area contributed by atoms with Crippen LogP contribution in [-0.2, 0) is 9.59 Å². The number of benzene rings is 1. The number of aromatic nitrogens is 1. The van der Waals surface area contributed by atoms with E-state index >= 15 is 0 Å². The highest BCUT2D eigenvalue weighted by Crippen LogP contribution is 2.60. The second kappa shape index (κ2) is 6.55. The number of thiazole rings is 1. The highest BCUT2D eigenvalue weighted by atomic mass is 32.1. The van der Waals surface area contributed by atoms with Crippen LogP contribution in [-0.4, -0.2) is 23.3 Å². The second-order valence-electron chi connectivity index (χ2n) is 9.38. The lowest BCUT2D eigenvalue weighted by Gasteiger charge is -2.55. The number of anilines is 1. The van der Waals surface area contributed by atoms with Crippen molar-refractivity contribution in [2.75, 3.05) is 11.9 Å². The molecule has 6 rings (SSSR count). The molecular weight excluding hydrogens is 370 g/mol. The summed E-state index contributed by atoms with van der Waals surface area (Å²) in [7, 11) is 0. The molecule has 0 saturated heterocycles. The molecule has 4 bridgehead atoms. The number of nitrogens with zero attached hydrogens (tertiary/aromatic N) is 1. The van der Waals surface area contributed by atoms with Gasteiger partial charge >= 0.3 is 0 Å². The standard InChI is InChI=1S/C22H27N3O2S/c1-12-3-13(2)19-17(4-12)28-21(25-19)24-18(26)11-23-20(27)22-8-14-5-15(9-22)7-16(6-14)10-22/h3-4,14-16H,5-11H2,1-2H3,(H,23,27)(H,24,25,26). The number of hydrogen-bond donors (Lipinski definition) is 2. The molecule has 4 aliphatic carbocycles. The third kappa shape index (κ3) is 3.11. The molecular formula is C22H27N3O2S. The van der Waals surface area contributed by atoms with Gasteiger partial charge in [-0.1, -0.05) is 17.4 Å². The smallest absolute Gasteiger partial charge is 0.245 e. The molecule has 0 spiro atoms. The van der Waals surface area contributed by atoms with Gasteiger partial charge in [-0.2, -0.15) is 0 Å². The van der Waals surface area contributed by atoms with Gasteiger partial charge in [0.25, 0.3) is 0 Å². The Bertz CT molecular complexity index is 929. The monoisotopic (exact) mass is 397 g/mol. The van der Waals surface area contributed by atoms with Crippen LogP contribution < -0.4 is 10.6 Å². The molecule has 2 N–H and O–H groups in total. The normalized spacial score (nSPS) is 30.6. The van der Waals surface area contributed by atoms with Gasteiger partial charge < -0.3 is 10.6 Å². The minimum Gasteiger partial charge on any atom is -0.347 e. The van der Waals surface area contributed by atoms with E-state index in [1.807, 2.05) is 6.92 Å². The maximum atomic E-state index is 13.0. The summed E-state index contributed by atoms with van der Waals surface area (Å²) in [5.74, 6) is 2.06. The van der Waals surface area contributed by atoms with Crippen molar-refractivity contribution in [2.45, 2.75) is 52.4 Å². The van der Waals surface area contributed by atoms with Crippen molar-refractivity contribution >= 4 is 38.5 Å². The zero-order chi connectivity index (χ0) is 19.5. The van der Waals surface area contributed by atoms with E-state index in [-0.39, 0.29) is 23.8 Å². The molecule has 28 heavy (non-hydrogen) atoms. The molecule has 5 nitrogen and oxygen atoms in total. The first-order chi connectivity index (χ1) is 13.4. The zero-order valence-corrected chi connectivity index (χ0v) is 17.3. The molecule has 2 aromatic rings. The Kier molecular flexibility index (Phi) is 4.23. The van der Waals surface area contributed by atoms with Gasteiger partial charge in [-0.05, 0) is 87.3 Å². The summed E-state index contributed by atoms with van der Waals surface area (Å²) < 4.78 is 1.07. The fourth-order valence-corrected chi connectivity index (χ4v) is 7.38. The molecule has 6 heteroatoms. The molecule has 148 valence electrons. The van der Waals surface area contributed by atoms with Crippen LogP contribution in [0.25, 0.3) is 10.2 Å². The van der Waals surface area contributed by atoms with Gasteiger partial charge in [0.05, 0.1) is 16.8 Å². The number of amides is 2. The average Bonchev–Trinajstić information content (AvgIpc) is 3.01. The number of nitrogens with one attached hydrogen (secondary N) is 2. The molecule has 0 aliphatic heterocycles. The Hall–Kier alpha value is -1.95. The zero-order valence-electron chi connectivity index (χ0n) is 16.5. The first-order valence-corrected chi connectivity index (χ1v) is 11.2. The SMILES string of the molecule is Cc1cc(C)c2nc(NC(=O)CNC(=O)C34CC5CC(CC(C5)C3)C4)sc2c1. The van der Waals surface area contributed by atoms with E-state index in [0.717, 1.165) is 52.8 Å². The lowest BCUT2D eigenvalue weighted by Crippen LogP contribution is -2.54. The summed E-state index contributed by atoms with van der Waals surface area (Å²) in [6.07, 6.45) is 6.98. The summed E-state index contributed by atoms with van der Waals surface area (Å²) in [5.41, 5.74) is 3.03. The van der Waals surface area contributed by atoms with Crippen LogP contribution in [0, 0.1) is 37.0 Å². The molecule has 4 aliphatic rings. The van der Waals surface area contributed by atoms with Crippen molar-refractivity contribution in [1.29, 1.82) is 0 Å². The number of hydrogen-bond acceptors (Lipinski definition) is 4. The lowest BCUT2D eigenvalue weighted by molar-refractivity contribution is -0.146. The highest BCUT2D eigenvalue weighted by Gasteiger charge is 2.54. The lowest BCUT2D eigenvalue weighted by atomic mass is 9.49. The van der Waals surface area contributed by atoms with Crippen LogP contribution >= 0.6 is 11.3 Å². The molecule has 1 aromatic carbocycles. The fourth-order valence-electron chi connectivity index (χ4n) is 6.32. The van der Waals surface area contributed by atoms with Gasteiger partial charge in [0.2, 0.25) is 11.8 Å². The largest absolute Gasteiger partial charge is 0.347 e. The minimum atomic E-state index is -0.209. The average molecular weight is 398 g/mol. The number of carbonyl (C=O) groups is 2. The highest BCUT2D eigenvalue weighted by molar-refractivity contribution is 7.22. The third-order valence-corrected chi connectivity index (χ3v) is 7.92. The minimum absolute atomic E-state index is 0.0223. The van der Waals surface area contributed by atoms with Crippen molar-refractivity contribution in [3.63, 3.8) is 0 Å². The van der Waals surface area contributed by atoms with Gasteiger partial charge in [-0.25, -0.2) is 4.98 Å². The molecule has 4 fully saturated rings. The van der Waals surface area contributed by atoms with E-state index in [4.69, 9.17) is 0 Å². The predicted octanol–water partition coefficient (Wildman–Crippen LogP) is 4.18. The van der Waals surface area contributed by atoms with Crippen LogP contribution in [0.3, 0.4) is 0 Å². The number of rotatable bonds is 4. The molecule has 0 radical (unpaired) electrons. The van der Waals surface area contributed by atoms with E-state index in [2.05, 4.69) is 34.7 Å². The van der Waals surface area contributed by atoms with Crippen LogP contribution in [0.15, 0.2) is 12.1 Å². The second-order valence-corrected chi connectivity index (χ2v) is 10.4. The summed E-state index contributed by atoms with van der Waals surface area (Å²) in [6, 6.07) is 4.18. The molecule has 4 saturated carbocycles.